The Morgan fingerprint density at radius 2 is 2.17 bits per heavy atom. The van der Waals surface area contributed by atoms with Crippen molar-refractivity contribution in [1.29, 1.82) is 0 Å². The van der Waals surface area contributed by atoms with Crippen LogP contribution in [0.2, 0.25) is 0 Å². The molecule has 0 spiro atoms. The fourth-order valence-electron chi connectivity index (χ4n) is 2.94. The summed E-state index contributed by atoms with van der Waals surface area (Å²) in [5.41, 5.74) is 6.49. The first-order chi connectivity index (χ1) is 8.81. The van der Waals surface area contributed by atoms with Crippen LogP contribution in [0.4, 0.5) is 0 Å². The first-order valence-corrected chi connectivity index (χ1v) is 6.57. The molecule has 0 bridgehead atoms. The summed E-state index contributed by atoms with van der Waals surface area (Å²) < 4.78 is 3.24. The average Bonchev–Trinajstić information content (AvgIpc) is 2.76. The molecular weight excluding hydrogens is 228 g/mol. The number of fused-ring (bicyclic) bond motifs is 1. The molecule has 1 saturated carbocycles. The summed E-state index contributed by atoms with van der Waals surface area (Å²) in [7, 11) is 0. The molecule has 5 nitrogen and oxygen atoms in total. The Morgan fingerprint density at radius 1 is 1.33 bits per heavy atom. The maximum atomic E-state index is 12.3. The van der Waals surface area contributed by atoms with Crippen LogP contribution in [0, 0.1) is 5.92 Å². The van der Waals surface area contributed by atoms with Crippen molar-refractivity contribution in [1.82, 2.24) is 14.2 Å². The number of rotatable bonds is 2. The molecule has 5 heteroatoms. The van der Waals surface area contributed by atoms with Gasteiger partial charge in [0.25, 0.3) is 0 Å². The Balaban J connectivity index is 2.07. The first kappa shape index (κ1) is 11.5. The van der Waals surface area contributed by atoms with E-state index >= 15 is 0 Å². The van der Waals surface area contributed by atoms with E-state index in [1.165, 1.54) is 6.42 Å². The van der Waals surface area contributed by atoms with Gasteiger partial charge in [-0.05, 0) is 37.4 Å². The smallest absolute Gasteiger partial charge is 0.330 e. The molecule has 0 saturated heterocycles. The highest BCUT2D eigenvalue weighted by Crippen LogP contribution is 2.31. The molecule has 18 heavy (non-hydrogen) atoms. The average molecular weight is 246 g/mol. The maximum Gasteiger partial charge on any atom is 0.350 e. The summed E-state index contributed by atoms with van der Waals surface area (Å²) in [6, 6.07) is 5.77. The zero-order valence-electron chi connectivity index (χ0n) is 10.3. The third-order valence-corrected chi connectivity index (χ3v) is 3.94. The van der Waals surface area contributed by atoms with Crippen molar-refractivity contribution in [2.24, 2.45) is 11.7 Å². The van der Waals surface area contributed by atoms with Crippen LogP contribution in [0.1, 0.15) is 31.7 Å². The largest absolute Gasteiger partial charge is 0.350 e. The molecule has 2 aromatic heterocycles. The quantitative estimate of drug-likeness (QED) is 0.865. The van der Waals surface area contributed by atoms with Gasteiger partial charge in [0.1, 0.15) is 0 Å². The zero-order valence-corrected chi connectivity index (χ0v) is 10.3. The molecule has 96 valence electrons. The summed E-state index contributed by atoms with van der Waals surface area (Å²) in [5, 5.41) is 4.45. The minimum absolute atomic E-state index is 0.0454. The molecule has 2 atom stereocenters. The van der Waals surface area contributed by atoms with Crippen LogP contribution < -0.4 is 11.4 Å². The van der Waals surface area contributed by atoms with Gasteiger partial charge >= 0.3 is 5.69 Å². The standard InChI is InChI=1S/C13H18N4O/c14-9-10-5-1-2-6-11(10)17-13(18)16-8-4-3-7-12(16)15-17/h3-4,7-8,10-11H,1-2,5-6,9,14H2. The lowest BCUT2D eigenvalue weighted by molar-refractivity contribution is 0.224. The van der Waals surface area contributed by atoms with E-state index in [2.05, 4.69) is 5.10 Å². The van der Waals surface area contributed by atoms with Gasteiger partial charge in [0.05, 0.1) is 6.04 Å². The molecule has 2 heterocycles. The van der Waals surface area contributed by atoms with Crippen molar-refractivity contribution in [2.45, 2.75) is 31.7 Å². The van der Waals surface area contributed by atoms with E-state index < -0.39 is 0 Å². The molecule has 1 aliphatic carbocycles. The molecule has 2 aromatic rings. The third-order valence-electron chi connectivity index (χ3n) is 3.94. The predicted octanol–water partition coefficient (Wildman–Crippen LogP) is 1.19. The monoisotopic (exact) mass is 246 g/mol. The molecular formula is C13H18N4O. The predicted molar refractivity (Wildman–Crippen MR) is 69.5 cm³/mol. The molecule has 1 aliphatic rings. The molecule has 3 rings (SSSR count). The Bertz CT molecular complexity index is 600. The van der Waals surface area contributed by atoms with Crippen molar-refractivity contribution >= 4 is 5.65 Å². The maximum absolute atomic E-state index is 12.3. The molecule has 2 unspecified atom stereocenters. The van der Waals surface area contributed by atoms with E-state index in [9.17, 15) is 4.79 Å². The Morgan fingerprint density at radius 3 is 2.94 bits per heavy atom. The van der Waals surface area contributed by atoms with Gasteiger partial charge in [-0.15, -0.1) is 5.10 Å². The first-order valence-electron chi connectivity index (χ1n) is 6.57. The van der Waals surface area contributed by atoms with Gasteiger partial charge in [-0.25, -0.2) is 9.48 Å². The molecule has 0 aromatic carbocycles. The van der Waals surface area contributed by atoms with Crippen LogP contribution in [0.5, 0.6) is 0 Å². The highest BCUT2D eigenvalue weighted by Gasteiger charge is 2.28. The van der Waals surface area contributed by atoms with Gasteiger partial charge in [0, 0.05) is 6.20 Å². The van der Waals surface area contributed by atoms with Crippen LogP contribution >= 0.6 is 0 Å². The molecule has 2 N–H and O–H groups in total. The van der Waals surface area contributed by atoms with E-state index in [1.807, 2.05) is 18.2 Å². The lowest BCUT2D eigenvalue weighted by atomic mass is 9.85. The van der Waals surface area contributed by atoms with Crippen LogP contribution in [0.25, 0.3) is 5.65 Å². The highest BCUT2D eigenvalue weighted by atomic mass is 16.2. The zero-order chi connectivity index (χ0) is 12.5. The second-order valence-electron chi connectivity index (χ2n) is 5.00. The second kappa shape index (κ2) is 4.57. The fourth-order valence-corrected chi connectivity index (χ4v) is 2.94. The summed E-state index contributed by atoms with van der Waals surface area (Å²) in [6.45, 7) is 0.630. The topological polar surface area (TPSA) is 65.3 Å². The lowest BCUT2D eigenvalue weighted by Crippen LogP contribution is -2.35. The van der Waals surface area contributed by atoms with Gasteiger partial charge in [-0.2, -0.15) is 0 Å². The minimum Gasteiger partial charge on any atom is -0.330 e. The van der Waals surface area contributed by atoms with E-state index in [0.29, 0.717) is 18.1 Å². The van der Waals surface area contributed by atoms with Crippen molar-refractivity contribution in [2.75, 3.05) is 6.54 Å². The second-order valence-corrected chi connectivity index (χ2v) is 5.00. The van der Waals surface area contributed by atoms with Crippen molar-refractivity contribution in [3.05, 3.63) is 34.9 Å². The number of hydrogen-bond donors (Lipinski definition) is 1. The van der Waals surface area contributed by atoms with Crippen molar-refractivity contribution in [3.63, 3.8) is 0 Å². The number of nitrogens with two attached hydrogens (primary N) is 1. The summed E-state index contributed by atoms with van der Waals surface area (Å²) in [5.74, 6) is 0.376. The highest BCUT2D eigenvalue weighted by molar-refractivity contribution is 5.35. The van der Waals surface area contributed by atoms with Gasteiger partial charge in [0.15, 0.2) is 5.65 Å². The normalized spacial score (nSPS) is 24.5. The number of aromatic nitrogens is 3. The molecule has 0 aliphatic heterocycles. The molecule has 1 fully saturated rings. The molecule has 0 amide bonds. The van der Waals surface area contributed by atoms with Crippen LogP contribution in [0.3, 0.4) is 0 Å². The third kappa shape index (κ3) is 1.75. The summed E-state index contributed by atoms with van der Waals surface area (Å²) >= 11 is 0. The van der Waals surface area contributed by atoms with Crippen molar-refractivity contribution < 1.29 is 0 Å². The number of hydrogen-bond acceptors (Lipinski definition) is 3. The van der Waals surface area contributed by atoms with Crippen molar-refractivity contribution in [3.8, 4) is 0 Å². The Hall–Kier alpha value is -1.62. The number of pyridine rings is 1. The van der Waals surface area contributed by atoms with E-state index in [4.69, 9.17) is 5.73 Å². The van der Waals surface area contributed by atoms with Gasteiger partial charge < -0.3 is 5.73 Å². The van der Waals surface area contributed by atoms with Crippen LogP contribution in [-0.2, 0) is 0 Å². The minimum atomic E-state index is -0.0454. The summed E-state index contributed by atoms with van der Waals surface area (Å²) in [4.78, 5) is 12.3. The lowest BCUT2D eigenvalue weighted by Gasteiger charge is -2.29. The van der Waals surface area contributed by atoms with Crippen LogP contribution in [-0.4, -0.2) is 20.7 Å². The van der Waals surface area contributed by atoms with Gasteiger partial charge in [-0.1, -0.05) is 18.9 Å². The van der Waals surface area contributed by atoms with Crippen LogP contribution in [0.15, 0.2) is 29.2 Å². The van der Waals surface area contributed by atoms with E-state index in [1.54, 1.807) is 15.3 Å². The SMILES string of the molecule is NCC1CCCCC1n1nc2ccccn2c1=O. The van der Waals surface area contributed by atoms with Gasteiger partial charge in [-0.3, -0.25) is 4.40 Å². The Kier molecular flexibility index (Phi) is 2.91. The molecule has 0 radical (unpaired) electrons. The summed E-state index contributed by atoms with van der Waals surface area (Å²) in [6.07, 6.45) is 6.23. The van der Waals surface area contributed by atoms with Gasteiger partial charge in [0.2, 0.25) is 0 Å². The van der Waals surface area contributed by atoms with E-state index in [-0.39, 0.29) is 11.7 Å². The van der Waals surface area contributed by atoms with E-state index in [0.717, 1.165) is 19.3 Å². The fraction of sp³-hybridized carbons (Fsp3) is 0.538. The Labute approximate surface area is 105 Å². The number of nitrogens with zero attached hydrogens (tertiary/aromatic N) is 3.